The number of hydrogen-bond acceptors (Lipinski definition) is 5. The molecule has 0 amide bonds. The van der Waals surface area contributed by atoms with Crippen molar-refractivity contribution >= 4 is 15.9 Å². The lowest BCUT2D eigenvalue weighted by Gasteiger charge is -2.06. The lowest BCUT2D eigenvalue weighted by Crippen LogP contribution is -2.13. The van der Waals surface area contributed by atoms with Crippen molar-refractivity contribution in [2.45, 2.75) is 18.7 Å². The number of carbonyl (C=O) groups is 1. The third-order valence-electron chi connectivity index (χ3n) is 3.31. The van der Waals surface area contributed by atoms with E-state index in [1.54, 1.807) is 20.0 Å². The molecule has 2 aromatic heterocycles. The Hall–Kier alpha value is -2.74. The molecule has 0 N–H and O–H groups in total. The van der Waals surface area contributed by atoms with E-state index in [9.17, 15) is 13.2 Å². The van der Waals surface area contributed by atoms with Crippen LogP contribution in [0.5, 0.6) is 0 Å². The van der Waals surface area contributed by atoms with E-state index in [0.29, 0.717) is 11.3 Å². The number of carbonyl (C=O) groups excluding carboxylic acids is 1. The number of nitrogens with zero attached hydrogens (tertiary/aromatic N) is 4. The molecule has 23 heavy (non-hydrogen) atoms. The highest BCUT2D eigenvalue weighted by Crippen LogP contribution is 2.15. The average Bonchev–Trinajstić information content (AvgIpc) is 3.15. The molecule has 0 aliphatic rings. The first kappa shape index (κ1) is 15.2. The Morgan fingerprint density at radius 1 is 0.957 bits per heavy atom. The van der Waals surface area contributed by atoms with Gasteiger partial charge < -0.3 is 0 Å². The maximum absolute atomic E-state index is 12.4. The maximum atomic E-state index is 12.4. The molecule has 0 atom stereocenters. The molecule has 1 aromatic carbocycles. The third kappa shape index (κ3) is 2.80. The summed E-state index contributed by atoms with van der Waals surface area (Å²) in [6.07, 6.45) is 5.72. The van der Waals surface area contributed by atoms with Crippen molar-refractivity contribution in [3.8, 4) is 0 Å². The summed E-state index contributed by atoms with van der Waals surface area (Å²) < 4.78 is 27.3. The molecule has 3 rings (SSSR count). The Morgan fingerprint density at radius 3 is 2.09 bits per heavy atom. The zero-order valence-corrected chi connectivity index (χ0v) is 13.4. The van der Waals surface area contributed by atoms with Crippen LogP contribution in [-0.2, 0) is 10.0 Å². The second-order valence-corrected chi connectivity index (χ2v) is 6.95. The second-order valence-electron chi connectivity index (χ2n) is 5.10. The molecule has 0 radical (unpaired) electrons. The molecular formula is C15H14N4O3S. The largest absolute Gasteiger partial charge is 0.272 e. The number of imidazole rings is 2. The molecular weight excluding hydrogens is 316 g/mol. The van der Waals surface area contributed by atoms with Crippen LogP contribution in [0, 0.1) is 13.8 Å². The van der Waals surface area contributed by atoms with E-state index in [1.807, 2.05) is 0 Å². The smallest absolute Gasteiger partial charge is 0.268 e. The minimum Gasteiger partial charge on any atom is -0.272 e. The van der Waals surface area contributed by atoms with E-state index in [2.05, 4.69) is 9.97 Å². The molecule has 0 saturated heterocycles. The van der Waals surface area contributed by atoms with Gasteiger partial charge in [-0.1, -0.05) is 0 Å². The topological polar surface area (TPSA) is 86.9 Å². The first-order valence-electron chi connectivity index (χ1n) is 6.79. The standard InChI is InChI=1S/C15H14N4O3S/c1-11-7-18(9-16-11)15(20)13-3-5-14(6-4-13)23(21,22)19-8-12(2)17-10-19/h3-10H,1-2H3. The Kier molecular flexibility index (Phi) is 3.61. The van der Waals surface area contributed by atoms with Gasteiger partial charge in [0.25, 0.3) is 15.9 Å². The highest BCUT2D eigenvalue weighted by Gasteiger charge is 2.18. The van der Waals surface area contributed by atoms with Crippen molar-refractivity contribution in [1.82, 2.24) is 18.5 Å². The summed E-state index contributed by atoms with van der Waals surface area (Å²) in [6, 6.07) is 5.77. The van der Waals surface area contributed by atoms with Gasteiger partial charge in [0.05, 0.1) is 16.3 Å². The summed E-state index contributed by atoms with van der Waals surface area (Å²) in [6.45, 7) is 3.49. The van der Waals surface area contributed by atoms with Crippen LogP contribution in [0.4, 0.5) is 0 Å². The van der Waals surface area contributed by atoms with Gasteiger partial charge in [-0.05, 0) is 38.1 Å². The summed E-state index contributed by atoms with van der Waals surface area (Å²) in [5.74, 6) is -0.270. The highest BCUT2D eigenvalue weighted by molar-refractivity contribution is 7.90. The van der Waals surface area contributed by atoms with Crippen LogP contribution in [0.15, 0.2) is 54.2 Å². The zero-order valence-electron chi connectivity index (χ0n) is 12.5. The van der Waals surface area contributed by atoms with Crippen molar-refractivity contribution in [1.29, 1.82) is 0 Å². The lowest BCUT2D eigenvalue weighted by molar-refractivity contribution is 0.0959. The number of aryl methyl sites for hydroxylation is 2. The molecule has 2 heterocycles. The minimum atomic E-state index is -3.70. The van der Waals surface area contributed by atoms with E-state index in [4.69, 9.17) is 0 Å². The van der Waals surface area contributed by atoms with Gasteiger partial charge >= 0.3 is 0 Å². The van der Waals surface area contributed by atoms with Gasteiger partial charge in [-0.3, -0.25) is 9.36 Å². The quantitative estimate of drug-likeness (QED) is 0.728. The minimum absolute atomic E-state index is 0.0910. The molecule has 118 valence electrons. The van der Waals surface area contributed by atoms with Gasteiger partial charge in [0.2, 0.25) is 0 Å². The number of aromatic nitrogens is 4. The van der Waals surface area contributed by atoms with E-state index >= 15 is 0 Å². The Balaban J connectivity index is 1.92. The second kappa shape index (κ2) is 5.47. The van der Waals surface area contributed by atoms with Gasteiger partial charge in [0, 0.05) is 18.0 Å². The summed E-state index contributed by atoms with van der Waals surface area (Å²) >= 11 is 0. The SMILES string of the molecule is Cc1cn(C(=O)c2ccc(S(=O)(=O)n3cnc(C)c3)cc2)cn1. The van der Waals surface area contributed by atoms with E-state index in [1.165, 1.54) is 47.7 Å². The molecule has 0 aliphatic heterocycles. The van der Waals surface area contributed by atoms with Crippen LogP contribution in [0.1, 0.15) is 21.7 Å². The normalized spacial score (nSPS) is 11.6. The molecule has 0 spiro atoms. The van der Waals surface area contributed by atoms with Gasteiger partial charge in [-0.15, -0.1) is 0 Å². The Morgan fingerprint density at radius 2 is 1.57 bits per heavy atom. The Labute approximate surface area is 133 Å². The fraction of sp³-hybridized carbons (Fsp3) is 0.133. The summed E-state index contributed by atoms with van der Waals surface area (Å²) in [5.41, 5.74) is 1.71. The number of rotatable bonds is 3. The van der Waals surface area contributed by atoms with E-state index in [-0.39, 0.29) is 10.8 Å². The van der Waals surface area contributed by atoms with Crippen LogP contribution in [-0.4, -0.2) is 32.8 Å². The molecule has 7 nitrogen and oxygen atoms in total. The van der Waals surface area contributed by atoms with Crippen LogP contribution >= 0.6 is 0 Å². The zero-order chi connectivity index (χ0) is 16.6. The first-order valence-corrected chi connectivity index (χ1v) is 8.23. The molecule has 3 aromatic rings. The van der Waals surface area contributed by atoms with Crippen molar-refractivity contribution < 1.29 is 13.2 Å². The van der Waals surface area contributed by atoms with E-state index in [0.717, 1.165) is 9.67 Å². The fourth-order valence-electron chi connectivity index (χ4n) is 2.10. The summed E-state index contributed by atoms with van der Waals surface area (Å²) in [4.78, 5) is 20.3. The van der Waals surface area contributed by atoms with Gasteiger partial charge in [-0.2, -0.15) is 0 Å². The average molecular weight is 330 g/mol. The fourth-order valence-corrected chi connectivity index (χ4v) is 3.29. The van der Waals surface area contributed by atoms with Crippen molar-refractivity contribution in [2.75, 3.05) is 0 Å². The molecule has 0 unspecified atom stereocenters. The maximum Gasteiger partial charge on any atom is 0.268 e. The molecule has 0 fully saturated rings. The van der Waals surface area contributed by atoms with Crippen LogP contribution < -0.4 is 0 Å². The predicted molar refractivity (Wildman–Crippen MR) is 82.7 cm³/mol. The van der Waals surface area contributed by atoms with Crippen molar-refractivity contribution in [2.24, 2.45) is 0 Å². The number of benzene rings is 1. The highest BCUT2D eigenvalue weighted by atomic mass is 32.2. The van der Waals surface area contributed by atoms with Gasteiger partial charge in [0.15, 0.2) is 0 Å². The lowest BCUT2D eigenvalue weighted by atomic mass is 10.2. The summed E-state index contributed by atoms with van der Waals surface area (Å²) in [5, 5.41) is 0. The van der Waals surface area contributed by atoms with Gasteiger partial charge in [-0.25, -0.2) is 22.4 Å². The third-order valence-corrected chi connectivity index (χ3v) is 4.93. The molecule has 0 bridgehead atoms. The number of hydrogen-bond donors (Lipinski definition) is 0. The van der Waals surface area contributed by atoms with Crippen LogP contribution in [0.3, 0.4) is 0 Å². The van der Waals surface area contributed by atoms with Crippen molar-refractivity contribution in [3.63, 3.8) is 0 Å². The monoisotopic (exact) mass is 330 g/mol. The predicted octanol–water partition coefficient (Wildman–Crippen LogP) is 1.62. The molecule has 0 aliphatic carbocycles. The van der Waals surface area contributed by atoms with E-state index < -0.39 is 10.0 Å². The molecule has 0 saturated carbocycles. The van der Waals surface area contributed by atoms with Crippen molar-refractivity contribution in [3.05, 3.63) is 66.3 Å². The first-order chi connectivity index (χ1) is 10.9. The summed E-state index contributed by atoms with van der Waals surface area (Å²) in [7, 11) is -3.70. The van der Waals surface area contributed by atoms with Crippen LogP contribution in [0.2, 0.25) is 0 Å². The Bertz CT molecular complexity index is 968. The van der Waals surface area contributed by atoms with Gasteiger partial charge in [0.1, 0.15) is 12.7 Å². The van der Waals surface area contributed by atoms with Crippen LogP contribution in [0.25, 0.3) is 0 Å². The molecule has 8 heteroatoms.